The van der Waals surface area contributed by atoms with E-state index in [0.717, 1.165) is 39.0 Å². The summed E-state index contributed by atoms with van der Waals surface area (Å²) in [5.41, 5.74) is 0. The van der Waals surface area contributed by atoms with E-state index >= 15 is 0 Å². The average Bonchev–Trinajstić information content (AvgIpc) is 3.18. The van der Waals surface area contributed by atoms with Gasteiger partial charge in [-0.05, 0) is 31.6 Å². The molecule has 7 nitrogen and oxygen atoms in total. The first-order valence-electron chi connectivity index (χ1n) is 11.2. The summed E-state index contributed by atoms with van der Waals surface area (Å²) in [6.07, 6.45) is 2.16. The Morgan fingerprint density at radius 1 is 1.10 bits per heavy atom. The van der Waals surface area contributed by atoms with Gasteiger partial charge in [-0.1, -0.05) is 6.92 Å². The van der Waals surface area contributed by atoms with Crippen molar-refractivity contribution in [2.45, 2.75) is 69.9 Å². The predicted octanol–water partition coefficient (Wildman–Crippen LogP) is 0.539. The largest absolute Gasteiger partial charge is 0.378 e. The minimum absolute atomic E-state index is 0.0184. The molecule has 8 heteroatoms. The highest BCUT2D eigenvalue weighted by Gasteiger charge is 2.46. The Morgan fingerprint density at radius 2 is 1.86 bits per heavy atom. The van der Waals surface area contributed by atoms with Gasteiger partial charge in [0.05, 0.1) is 25.3 Å². The molecule has 0 aromatic heterocycles. The number of ether oxygens (including phenoxy) is 1. The molecule has 4 fully saturated rings. The third-order valence-electron chi connectivity index (χ3n) is 7.46. The van der Waals surface area contributed by atoms with Gasteiger partial charge in [-0.15, -0.1) is 0 Å². The summed E-state index contributed by atoms with van der Waals surface area (Å²) in [5, 5.41) is 6.57. The van der Waals surface area contributed by atoms with Crippen molar-refractivity contribution in [3.05, 3.63) is 0 Å². The number of nitrogens with zero attached hydrogens (tertiary/aromatic N) is 2. The van der Waals surface area contributed by atoms with Gasteiger partial charge >= 0.3 is 0 Å². The second-order valence-electron chi connectivity index (χ2n) is 9.39. The SMILES string of the molecule is CC(=O)N1CCN([C@@H]2COC[C@H](NC(=O)C3CC4C(F)CCC(C)C4N3)C2)CC1. The zero-order chi connectivity index (χ0) is 20.5. The van der Waals surface area contributed by atoms with Crippen molar-refractivity contribution >= 4 is 11.8 Å². The molecule has 29 heavy (non-hydrogen) atoms. The number of hydrogen-bond donors (Lipinski definition) is 2. The molecule has 3 aliphatic heterocycles. The first-order chi connectivity index (χ1) is 13.9. The van der Waals surface area contributed by atoms with E-state index in [1.54, 1.807) is 6.92 Å². The van der Waals surface area contributed by atoms with E-state index in [2.05, 4.69) is 22.5 Å². The van der Waals surface area contributed by atoms with Crippen molar-refractivity contribution in [2.24, 2.45) is 11.8 Å². The number of hydrogen-bond acceptors (Lipinski definition) is 5. The normalized spacial score (nSPS) is 41.1. The maximum absolute atomic E-state index is 14.3. The summed E-state index contributed by atoms with van der Waals surface area (Å²) < 4.78 is 20.1. The van der Waals surface area contributed by atoms with Gasteiger partial charge in [0.1, 0.15) is 6.17 Å². The lowest BCUT2D eigenvalue weighted by atomic mass is 9.77. The second kappa shape index (κ2) is 8.86. The standard InChI is InChI=1S/C21H35FN4O3/c1-13-3-4-18(22)17-10-19(24-20(13)17)21(28)23-15-9-16(12-29-11-15)26-7-5-25(6-8-26)14(2)27/h13,15-20,24H,3-12H2,1-2H3,(H,23,28)/t13?,15-,16+,17?,18?,19?,20?/m1/s1. The molecule has 164 valence electrons. The summed E-state index contributed by atoms with van der Waals surface area (Å²) in [6.45, 7) is 8.15. The van der Waals surface area contributed by atoms with E-state index < -0.39 is 6.17 Å². The highest BCUT2D eigenvalue weighted by molar-refractivity contribution is 5.82. The van der Waals surface area contributed by atoms with Gasteiger partial charge < -0.3 is 20.3 Å². The van der Waals surface area contributed by atoms with Crippen molar-refractivity contribution in [3.63, 3.8) is 0 Å². The van der Waals surface area contributed by atoms with Gasteiger partial charge in [0, 0.05) is 51.1 Å². The Bertz CT molecular complexity index is 595. The quantitative estimate of drug-likeness (QED) is 0.711. The monoisotopic (exact) mass is 410 g/mol. The molecule has 4 rings (SSSR count). The predicted molar refractivity (Wildman–Crippen MR) is 107 cm³/mol. The molecule has 0 radical (unpaired) electrons. The van der Waals surface area contributed by atoms with Crippen molar-refractivity contribution in [1.82, 2.24) is 20.4 Å². The van der Waals surface area contributed by atoms with Crippen LogP contribution in [0.1, 0.15) is 39.5 Å². The highest BCUT2D eigenvalue weighted by atomic mass is 19.1. The molecular weight excluding hydrogens is 375 g/mol. The van der Waals surface area contributed by atoms with Crippen LogP contribution in [0.5, 0.6) is 0 Å². The number of carbonyl (C=O) groups excluding carboxylic acids is 2. The minimum Gasteiger partial charge on any atom is -0.378 e. The number of halogens is 1. The van der Waals surface area contributed by atoms with Gasteiger partial charge in [-0.2, -0.15) is 0 Å². The van der Waals surface area contributed by atoms with Crippen LogP contribution in [0.4, 0.5) is 4.39 Å². The maximum Gasteiger partial charge on any atom is 0.237 e. The molecule has 0 spiro atoms. The first kappa shape index (κ1) is 21.0. The van der Waals surface area contributed by atoms with Gasteiger partial charge in [0.2, 0.25) is 11.8 Å². The Labute approximate surface area is 172 Å². The van der Waals surface area contributed by atoms with E-state index in [1.165, 1.54) is 0 Å². The number of nitrogens with one attached hydrogen (secondary N) is 2. The fourth-order valence-corrected chi connectivity index (χ4v) is 5.67. The highest BCUT2D eigenvalue weighted by Crippen LogP contribution is 2.38. The van der Waals surface area contributed by atoms with E-state index in [4.69, 9.17) is 4.74 Å². The summed E-state index contributed by atoms with van der Waals surface area (Å²) in [5.74, 6) is 0.488. The molecule has 0 aromatic carbocycles. The Kier molecular flexibility index (Phi) is 6.41. The molecular formula is C21H35FN4O3. The van der Waals surface area contributed by atoms with Crippen LogP contribution in [-0.4, -0.2) is 91.3 Å². The molecule has 4 aliphatic rings. The molecule has 7 atom stereocenters. The topological polar surface area (TPSA) is 73.9 Å². The maximum atomic E-state index is 14.3. The number of carbonyl (C=O) groups is 2. The molecule has 3 saturated heterocycles. The molecule has 0 aromatic rings. The molecule has 3 heterocycles. The molecule has 1 saturated carbocycles. The van der Waals surface area contributed by atoms with E-state index in [-0.39, 0.29) is 41.9 Å². The third-order valence-corrected chi connectivity index (χ3v) is 7.46. The number of amides is 2. The lowest BCUT2D eigenvalue weighted by Crippen LogP contribution is -2.57. The van der Waals surface area contributed by atoms with E-state index in [9.17, 15) is 14.0 Å². The average molecular weight is 411 g/mol. The van der Waals surface area contributed by atoms with Crippen LogP contribution in [0.3, 0.4) is 0 Å². The lowest BCUT2D eigenvalue weighted by Gasteiger charge is -2.42. The fraction of sp³-hybridized carbons (Fsp3) is 0.905. The summed E-state index contributed by atoms with van der Waals surface area (Å²) in [6, 6.07) is 0.0540. The molecule has 5 unspecified atom stereocenters. The Morgan fingerprint density at radius 3 is 2.55 bits per heavy atom. The van der Waals surface area contributed by atoms with Crippen LogP contribution < -0.4 is 10.6 Å². The molecule has 1 aliphatic carbocycles. The molecule has 0 bridgehead atoms. The van der Waals surface area contributed by atoms with Gasteiger partial charge in [-0.25, -0.2) is 4.39 Å². The Balaban J connectivity index is 1.27. The van der Waals surface area contributed by atoms with Crippen molar-refractivity contribution in [2.75, 3.05) is 39.4 Å². The van der Waals surface area contributed by atoms with Crippen LogP contribution in [0.15, 0.2) is 0 Å². The summed E-state index contributed by atoms with van der Waals surface area (Å²) >= 11 is 0. The van der Waals surface area contributed by atoms with Gasteiger partial charge in [-0.3, -0.25) is 14.5 Å². The van der Waals surface area contributed by atoms with Gasteiger partial charge in [0.15, 0.2) is 0 Å². The van der Waals surface area contributed by atoms with Crippen LogP contribution >= 0.6 is 0 Å². The minimum atomic E-state index is -0.794. The number of alkyl halides is 1. The molecule has 2 amide bonds. The number of fused-ring (bicyclic) bond motifs is 1. The zero-order valence-corrected chi connectivity index (χ0v) is 17.6. The van der Waals surface area contributed by atoms with Crippen LogP contribution in [0.25, 0.3) is 0 Å². The van der Waals surface area contributed by atoms with E-state index in [1.807, 2.05) is 4.90 Å². The fourth-order valence-electron chi connectivity index (χ4n) is 5.67. The van der Waals surface area contributed by atoms with Crippen LogP contribution in [0.2, 0.25) is 0 Å². The van der Waals surface area contributed by atoms with Crippen LogP contribution in [-0.2, 0) is 14.3 Å². The van der Waals surface area contributed by atoms with Crippen molar-refractivity contribution in [1.29, 1.82) is 0 Å². The number of rotatable bonds is 3. The first-order valence-corrected chi connectivity index (χ1v) is 11.2. The second-order valence-corrected chi connectivity index (χ2v) is 9.39. The van der Waals surface area contributed by atoms with Crippen LogP contribution in [0, 0.1) is 11.8 Å². The van der Waals surface area contributed by atoms with Gasteiger partial charge in [0.25, 0.3) is 0 Å². The summed E-state index contributed by atoms with van der Waals surface area (Å²) in [7, 11) is 0. The van der Waals surface area contributed by atoms with Crippen molar-refractivity contribution < 1.29 is 18.7 Å². The zero-order valence-electron chi connectivity index (χ0n) is 17.6. The smallest absolute Gasteiger partial charge is 0.237 e. The lowest BCUT2D eigenvalue weighted by molar-refractivity contribution is -0.132. The third kappa shape index (κ3) is 4.59. The van der Waals surface area contributed by atoms with E-state index in [0.29, 0.717) is 32.0 Å². The molecule has 2 N–H and O–H groups in total. The number of piperazine rings is 1. The van der Waals surface area contributed by atoms with Crippen molar-refractivity contribution in [3.8, 4) is 0 Å². The summed E-state index contributed by atoms with van der Waals surface area (Å²) in [4.78, 5) is 28.6. The Hall–Kier alpha value is -1.25.